The number of likely N-dealkylation sites (N-methyl/N-ethyl adjacent to an activating group) is 1. The maximum Gasteiger partial charge on any atom is 0.236 e. The molecule has 0 aliphatic carbocycles. The summed E-state index contributed by atoms with van der Waals surface area (Å²) in [4.78, 5) is 16.0. The molecule has 1 rings (SSSR count). The maximum absolute atomic E-state index is 11.9. The van der Waals surface area contributed by atoms with Gasteiger partial charge in [-0.1, -0.05) is 13.8 Å². The van der Waals surface area contributed by atoms with Gasteiger partial charge in [-0.15, -0.1) is 0 Å². The Kier molecular flexibility index (Phi) is 6.60. The summed E-state index contributed by atoms with van der Waals surface area (Å²) in [5, 5.41) is 12.7. The van der Waals surface area contributed by atoms with Crippen LogP contribution in [0.2, 0.25) is 0 Å². The third kappa shape index (κ3) is 5.80. The molecule has 2 N–H and O–H groups in total. The van der Waals surface area contributed by atoms with Crippen molar-refractivity contribution in [3.63, 3.8) is 0 Å². The molecule has 5 nitrogen and oxygen atoms in total. The van der Waals surface area contributed by atoms with Crippen LogP contribution in [0.25, 0.3) is 0 Å². The molecular weight excluding hydrogens is 230 g/mol. The van der Waals surface area contributed by atoms with Crippen molar-refractivity contribution in [1.29, 1.82) is 0 Å². The Bertz CT molecular complexity index is 251. The van der Waals surface area contributed by atoms with E-state index in [4.69, 9.17) is 0 Å². The highest BCUT2D eigenvalue weighted by atomic mass is 16.3. The summed E-state index contributed by atoms with van der Waals surface area (Å²) in [6.45, 7) is 8.51. The van der Waals surface area contributed by atoms with Gasteiger partial charge in [-0.05, 0) is 19.4 Å². The number of nitrogens with one attached hydrogen (secondary N) is 1. The maximum atomic E-state index is 11.9. The van der Waals surface area contributed by atoms with Crippen LogP contribution in [0.5, 0.6) is 0 Å². The van der Waals surface area contributed by atoms with Gasteiger partial charge in [-0.2, -0.15) is 0 Å². The fourth-order valence-electron chi connectivity index (χ4n) is 2.14. The molecule has 1 saturated heterocycles. The Labute approximate surface area is 110 Å². The minimum absolute atomic E-state index is 0.139. The Balaban J connectivity index is 2.13. The molecule has 1 amide bonds. The van der Waals surface area contributed by atoms with Crippen molar-refractivity contribution in [2.24, 2.45) is 5.92 Å². The number of nitrogens with zero attached hydrogens (tertiary/aromatic N) is 2. The summed E-state index contributed by atoms with van der Waals surface area (Å²) in [6.07, 6.45) is 0.417. The minimum atomic E-state index is -0.356. The van der Waals surface area contributed by atoms with Crippen LogP contribution in [0.1, 0.15) is 20.3 Å². The quantitative estimate of drug-likeness (QED) is 0.689. The van der Waals surface area contributed by atoms with Crippen LogP contribution in [0.3, 0.4) is 0 Å². The van der Waals surface area contributed by atoms with Gasteiger partial charge in [0.05, 0.1) is 12.6 Å². The lowest BCUT2D eigenvalue weighted by Gasteiger charge is -2.32. The first kappa shape index (κ1) is 15.4. The van der Waals surface area contributed by atoms with Gasteiger partial charge in [0.1, 0.15) is 0 Å². The van der Waals surface area contributed by atoms with Crippen LogP contribution in [-0.4, -0.2) is 73.2 Å². The predicted octanol–water partition coefficient (Wildman–Crippen LogP) is -0.243. The van der Waals surface area contributed by atoms with E-state index in [1.54, 1.807) is 0 Å². The summed E-state index contributed by atoms with van der Waals surface area (Å²) in [6, 6.07) is 0. The van der Waals surface area contributed by atoms with E-state index in [2.05, 4.69) is 31.1 Å². The number of carbonyl (C=O) groups excluding carboxylic acids is 1. The van der Waals surface area contributed by atoms with Crippen LogP contribution < -0.4 is 5.32 Å². The van der Waals surface area contributed by atoms with Gasteiger partial charge in [-0.25, -0.2) is 0 Å². The summed E-state index contributed by atoms with van der Waals surface area (Å²) in [5.74, 6) is 0.620. The number of hydrogen-bond acceptors (Lipinski definition) is 4. The van der Waals surface area contributed by atoms with Crippen LogP contribution in [0.4, 0.5) is 0 Å². The molecule has 1 atom stereocenters. The molecule has 5 heteroatoms. The molecule has 0 aromatic carbocycles. The highest BCUT2D eigenvalue weighted by Gasteiger charge is 2.18. The first-order chi connectivity index (χ1) is 8.49. The number of piperazine rings is 1. The number of carbonyl (C=O) groups is 1. The van der Waals surface area contributed by atoms with Gasteiger partial charge in [-0.3, -0.25) is 4.79 Å². The van der Waals surface area contributed by atoms with Crippen LogP contribution in [-0.2, 0) is 4.79 Å². The van der Waals surface area contributed by atoms with Crippen LogP contribution in [0, 0.1) is 5.92 Å². The van der Waals surface area contributed by atoms with E-state index in [0.717, 1.165) is 32.6 Å². The predicted molar refractivity (Wildman–Crippen MR) is 72.4 cm³/mol. The molecule has 0 saturated carbocycles. The fourth-order valence-corrected chi connectivity index (χ4v) is 2.14. The van der Waals surface area contributed by atoms with E-state index in [1.165, 1.54) is 0 Å². The van der Waals surface area contributed by atoms with Gasteiger partial charge >= 0.3 is 0 Å². The number of hydrogen-bond donors (Lipinski definition) is 2. The summed E-state index contributed by atoms with van der Waals surface area (Å²) < 4.78 is 0. The minimum Gasteiger partial charge on any atom is -0.392 e. The summed E-state index contributed by atoms with van der Waals surface area (Å²) >= 11 is 0. The lowest BCUT2D eigenvalue weighted by molar-refractivity contribution is -0.131. The topological polar surface area (TPSA) is 55.8 Å². The third-order valence-electron chi connectivity index (χ3n) is 3.26. The molecule has 0 radical (unpaired) electrons. The zero-order chi connectivity index (χ0) is 13.5. The smallest absolute Gasteiger partial charge is 0.236 e. The fraction of sp³-hybridized carbons (Fsp3) is 0.923. The van der Waals surface area contributed by atoms with E-state index in [0.29, 0.717) is 19.0 Å². The largest absolute Gasteiger partial charge is 0.392 e. The second-order valence-electron chi connectivity index (χ2n) is 5.60. The highest BCUT2D eigenvalue weighted by Crippen LogP contribution is 2.03. The van der Waals surface area contributed by atoms with Gasteiger partial charge < -0.3 is 20.2 Å². The normalized spacial score (nSPS) is 19.3. The van der Waals surface area contributed by atoms with Gasteiger partial charge in [0.25, 0.3) is 0 Å². The molecule has 1 aliphatic heterocycles. The Morgan fingerprint density at radius 3 is 2.44 bits per heavy atom. The number of rotatable bonds is 6. The van der Waals surface area contributed by atoms with Crippen molar-refractivity contribution in [2.45, 2.75) is 26.4 Å². The molecule has 0 aromatic rings. The summed E-state index contributed by atoms with van der Waals surface area (Å²) in [7, 11) is 2.07. The average Bonchev–Trinajstić information content (AvgIpc) is 2.28. The van der Waals surface area contributed by atoms with E-state index >= 15 is 0 Å². The number of aliphatic hydroxyl groups excluding tert-OH is 1. The molecule has 0 aromatic heterocycles. The van der Waals surface area contributed by atoms with Crippen molar-refractivity contribution in [3.8, 4) is 0 Å². The van der Waals surface area contributed by atoms with Crippen molar-refractivity contribution in [2.75, 3.05) is 46.3 Å². The second kappa shape index (κ2) is 7.71. The van der Waals surface area contributed by atoms with Crippen molar-refractivity contribution < 1.29 is 9.90 Å². The molecule has 0 spiro atoms. The van der Waals surface area contributed by atoms with Gasteiger partial charge in [0.2, 0.25) is 5.91 Å². The highest BCUT2D eigenvalue weighted by molar-refractivity contribution is 5.78. The van der Waals surface area contributed by atoms with Crippen molar-refractivity contribution in [3.05, 3.63) is 0 Å². The molecule has 1 heterocycles. The van der Waals surface area contributed by atoms with E-state index < -0.39 is 0 Å². The van der Waals surface area contributed by atoms with E-state index in [9.17, 15) is 9.90 Å². The number of amides is 1. The molecule has 0 bridgehead atoms. The van der Waals surface area contributed by atoms with E-state index in [1.807, 2.05) is 4.90 Å². The Morgan fingerprint density at radius 2 is 1.89 bits per heavy atom. The van der Waals surface area contributed by atoms with Crippen LogP contribution in [0.15, 0.2) is 0 Å². The Morgan fingerprint density at radius 1 is 1.28 bits per heavy atom. The lowest BCUT2D eigenvalue weighted by atomic mass is 10.1. The van der Waals surface area contributed by atoms with Crippen LogP contribution >= 0.6 is 0 Å². The first-order valence-corrected chi connectivity index (χ1v) is 6.84. The SMILES string of the molecule is CC(C)CC(O)CNCC(=O)N1CCN(C)CC1. The standard InChI is InChI=1S/C13H27N3O2/c1-11(2)8-12(17)9-14-10-13(18)16-6-4-15(3)5-7-16/h11-12,14,17H,4-10H2,1-3H3. The monoisotopic (exact) mass is 257 g/mol. The average molecular weight is 257 g/mol. The molecule has 1 aliphatic rings. The molecule has 18 heavy (non-hydrogen) atoms. The molecular formula is C13H27N3O2. The number of aliphatic hydroxyl groups is 1. The van der Waals surface area contributed by atoms with E-state index in [-0.39, 0.29) is 12.0 Å². The van der Waals surface area contributed by atoms with Crippen molar-refractivity contribution in [1.82, 2.24) is 15.1 Å². The van der Waals surface area contributed by atoms with Gasteiger partial charge in [0.15, 0.2) is 0 Å². The zero-order valence-electron chi connectivity index (χ0n) is 11.9. The second-order valence-corrected chi connectivity index (χ2v) is 5.60. The third-order valence-corrected chi connectivity index (χ3v) is 3.26. The lowest BCUT2D eigenvalue weighted by Crippen LogP contribution is -2.50. The van der Waals surface area contributed by atoms with Gasteiger partial charge in [0, 0.05) is 32.7 Å². The summed E-state index contributed by atoms with van der Waals surface area (Å²) in [5.41, 5.74) is 0. The molecule has 1 fully saturated rings. The van der Waals surface area contributed by atoms with Crippen molar-refractivity contribution >= 4 is 5.91 Å². The zero-order valence-corrected chi connectivity index (χ0v) is 11.9. The first-order valence-electron chi connectivity index (χ1n) is 6.84. The Hall–Kier alpha value is -0.650. The molecule has 106 valence electrons. The molecule has 1 unspecified atom stereocenters.